The highest BCUT2D eigenvalue weighted by Crippen LogP contribution is 2.10. The average molecular weight is 178 g/mol. The molecule has 0 spiro atoms. The molecule has 0 aromatic rings. The lowest BCUT2D eigenvalue weighted by Crippen LogP contribution is -2.38. The first-order valence-electron chi connectivity index (χ1n) is 5.25. The highest BCUT2D eigenvalue weighted by Gasteiger charge is 2.11. The quantitative estimate of drug-likeness (QED) is 0.636. The molecule has 72 valence electrons. The molecule has 2 nitrogen and oxygen atoms in total. The number of rotatable bonds is 2. The van der Waals surface area contributed by atoms with Crippen molar-refractivity contribution in [2.45, 2.75) is 19.3 Å². The van der Waals surface area contributed by atoms with Crippen LogP contribution in [-0.4, -0.2) is 36.1 Å². The van der Waals surface area contributed by atoms with Crippen molar-refractivity contribution in [1.29, 1.82) is 0 Å². The molecule has 2 heteroatoms. The molecule has 0 aromatic carbocycles. The summed E-state index contributed by atoms with van der Waals surface area (Å²) in [5, 5.41) is 0. The monoisotopic (exact) mass is 178 g/mol. The summed E-state index contributed by atoms with van der Waals surface area (Å²) in [7, 11) is 0. The first-order chi connectivity index (χ1) is 6.45. The molecule has 0 radical (unpaired) electrons. The lowest BCUT2D eigenvalue weighted by atomic mass is 10.1. The Bertz CT molecular complexity index is 202. The summed E-state index contributed by atoms with van der Waals surface area (Å²) in [4.78, 5) is 4.92. The van der Waals surface area contributed by atoms with Gasteiger partial charge in [-0.1, -0.05) is 18.6 Å². The minimum Gasteiger partial charge on any atom is -0.361 e. The topological polar surface area (TPSA) is 6.48 Å². The van der Waals surface area contributed by atoms with E-state index in [1.54, 1.807) is 0 Å². The normalized spacial score (nSPS) is 23.8. The Balaban J connectivity index is 1.76. The smallest absolute Gasteiger partial charge is 0.0705 e. The van der Waals surface area contributed by atoms with Crippen molar-refractivity contribution < 1.29 is 0 Å². The first-order valence-corrected chi connectivity index (χ1v) is 5.25. The van der Waals surface area contributed by atoms with Gasteiger partial charge < -0.3 is 4.90 Å². The second-order valence-electron chi connectivity index (χ2n) is 3.86. The van der Waals surface area contributed by atoms with Crippen LogP contribution in [0.15, 0.2) is 24.4 Å². The highest BCUT2D eigenvalue weighted by molar-refractivity contribution is 5.08. The van der Waals surface area contributed by atoms with Gasteiger partial charge in [-0.25, -0.2) is 0 Å². The van der Waals surface area contributed by atoms with Crippen LogP contribution < -0.4 is 0 Å². The Morgan fingerprint density at radius 1 is 1.00 bits per heavy atom. The van der Waals surface area contributed by atoms with E-state index in [1.165, 1.54) is 32.4 Å². The number of hydrogen-bond acceptors (Lipinski definition) is 2. The van der Waals surface area contributed by atoms with Crippen molar-refractivity contribution in [3.63, 3.8) is 0 Å². The van der Waals surface area contributed by atoms with Gasteiger partial charge in [-0.05, 0) is 32.0 Å². The zero-order valence-corrected chi connectivity index (χ0v) is 8.15. The van der Waals surface area contributed by atoms with Crippen molar-refractivity contribution in [3.05, 3.63) is 24.4 Å². The van der Waals surface area contributed by atoms with E-state index in [2.05, 4.69) is 34.2 Å². The molecule has 0 aliphatic carbocycles. The van der Waals surface area contributed by atoms with Gasteiger partial charge in [0.2, 0.25) is 0 Å². The molecule has 0 amide bonds. The van der Waals surface area contributed by atoms with Gasteiger partial charge in [0.25, 0.3) is 0 Å². The lowest BCUT2D eigenvalue weighted by molar-refractivity contribution is 0.153. The fourth-order valence-corrected chi connectivity index (χ4v) is 1.97. The lowest BCUT2D eigenvalue weighted by Gasteiger charge is -2.32. The van der Waals surface area contributed by atoms with Gasteiger partial charge in [-0.2, -0.15) is 0 Å². The fraction of sp³-hybridized carbons (Fsp3) is 0.636. The maximum absolute atomic E-state index is 2.55. The Hall–Kier alpha value is -0.760. The van der Waals surface area contributed by atoms with E-state index in [9.17, 15) is 0 Å². The van der Waals surface area contributed by atoms with Crippen molar-refractivity contribution in [2.75, 3.05) is 26.3 Å². The van der Waals surface area contributed by atoms with Crippen molar-refractivity contribution in [1.82, 2.24) is 9.80 Å². The van der Waals surface area contributed by atoms with Gasteiger partial charge in [0.05, 0.1) is 6.67 Å². The Labute approximate surface area is 80.5 Å². The summed E-state index contributed by atoms with van der Waals surface area (Å²) in [6.45, 7) is 4.76. The van der Waals surface area contributed by atoms with Crippen LogP contribution in [0.25, 0.3) is 0 Å². The predicted molar refractivity (Wildman–Crippen MR) is 55.3 cm³/mol. The predicted octanol–water partition coefficient (Wildman–Crippen LogP) is 1.82. The van der Waals surface area contributed by atoms with E-state index >= 15 is 0 Å². The number of likely N-dealkylation sites (tertiary alicyclic amines) is 1. The maximum atomic E-state index is 2.55. The van der Waals surface area contributed by atoms with E-state index < -0.39 is 0 Å². The third kappa shape index (κ3) is 2.59. The van der Waals surface area contributed by atoms with Crippen LogP contribution in [0.2, 0.25) is 0 Å². The molecule has 2 aliphatic heterocycles. The summed E-state index contributed by atoms with van der Waals surface area (Å²) >= 11 is 0. The van der Waals surface area contributed by atoms with Gasteiger partial charge in [-0.15, -0.1) is 0 Å². The van der Waals surface area contributed by atoms with Crippen molar-refractivity contribution in [2.24, 2.45) is 0 Å². The summed E-state index contributed by atoms with van der Waals surface area (Å²) in [5.41, 5.74) is 0. The summed E-state index contributed by atoms with van der Waals surface area (Å²) < 4.78 is 0. The second-order valence-corrected chi connectivity index (χ2v) is 3.86. The van der Waals surface area contributed by atoms with Gasteiger partial charge in [-0.3, -0.25) is 4.90 Å². The Morgan fingerprint density at radius 3 is 2.54 bits per heavy atom. The maximum Gasteiger partial charge on any atom is 0.0705 e. The van der Waals surface area contributed by atoms with E-state index in [0.717, 1.165) is 13.2 Å². The molecule has 0 bridgehead atoms. The summed E-state index contributed by atoms with van der Waals surface area (Å²) in [6, 6.07) is 0. The molecule has 0 aromatic heterocycles. The van der Waals surface area contributed by atoms with E-state index in [0.29, 0.717) is 0 Å². The third-order valence-corrected chi connectivity index (χ3v) is 2.71. The van der Waals surface area contributed by atoms with E-state index in [4.69, 9.17) is 0 Å². The second kappa shape index (κ2) is 4.47. The number of allylic oxidation sites excluding steroid dienone is 2. The average Bonchev–Trinajstić information content (AvgIpc) is 2.21. The van der Waals surface area contributed by atoms with Crippen molar-refractivity contribution >= 4 is 0 Å². The Kier molecular flexibility index (Phi) is 3.03. The van der Waals surface area contributed by atoms with Gasteiger partial charge in [0, 0.05) is 12.7 Å². The molecule has 13 heavy (non-hydrogen) atoms. The molecule has 0 atom stereocenters. The van der Waals surface area contributed by atoms with E-state index in [-0.39, 0.29) is 0 Å². The molecule has 0 saturated carbocycles. The van der Waals surface area contributed by atoms with Crippen molar-refractivity contribution in [3.8, 4) is 0 Å². The van der Waals surface area contributed by atoms with Crippen LogP contribution in [0, 0.1) is 0 Å². The molecule has 1 fully saturated rings. The molecular formula is C11H18N2. The van der Waals surface area contributed by atoms with Crippen LogP contribution in [0.4, 0.5) is 0 Å². The largest absolute Gasteiger partial charge is 0.361 e. The van der Waals surface area contributed by atoms with Crippen LogP contribution in [0.1, 0.15) is 19.3 Å². The standard InChI is InChI=1S/C11H18N2/c1-3-7-12(8-4-1)11-13-9-5-2-6-10-13/h1,3-4,7H,2,5-6,8-11H2. The molecular weight excluding hydrogens is 160 g/mol. The van der Waals surface area contributed by atoms with E-state index in [1.807, 2.05) is 0 Å². The number of nitrogens with zero attached hydrogens (tertiary/aromatic N) is 2. The minimum atomic E-state index is 1.08. The number of piperidine rings is 1. The minimum absolute atomic E-state index is 1.08. The molecule has 2 heterocycles. The first kappa shape index (κ1) is 8.82. The zero-order valence-electron chi connectivity index (χ0n) is 8.15. The molecule has 0 N–H and O–H groups in total. The van der Waals surface area contributed by atoms with Gasteiger partial charge in [0.15, 0.2) is 0 Å². The molecule has 0 unspecified atom stereocenters. The summed E-state index contributed by atoms with van der Waals surface area (Å²) in [5.74, 6) is 0. The van der Waals surface area contributed by atoms with Gasteiger partial charge >= 0.3 is 0 Å². The molecule has 2 rings (SSSR count). The summed E-state index contributed by atoms with van der Waals surface area (Å²) in [6.07, 6.45) is 12.8. The molecule has 2 aliphatic rings. The SMILES string of the molecule is C1=CCN(CN2CCCCC2)C=C1. The van der Waals surface area contributed by atoms with Gasteiger partial charge in [0.1, 0.15) is 0 Å². The zero-order chi connectivity index (χ0) is 8.93. The highest BCUT2D eigenvalue weighted by atomic mass is 15.3. The number of hydrogen-bond donors (Lipinski definition) is 0. The fourth-order valence-electron chi connectivity index (χ4n) is 1.97. The molecule has 1 saturated heterocycles. The van der Waals surface area contributed by atoms with Crippen LogP contribution >= 0.6 is 0 Å². The van der Waals surface area contributed by atoms with Crippen LogP contribution in [0.3, 0.4) is 0 Å². The third-order valence-electron chi connectivity index (χ3n) is 2.71. The van der Waals surface area contributed by atoms with Crippen LogP contribution in [-0.2, 0) is 0 Å². The Morgan fingerprint density at radius 2 is 1.85 bits per heavy atom. The van der Waals surface area contributed by atoms with Crippen LogP contribution in [0.5, 0.6) is 0 Å².